The molecule has 8 heteroatoms. The van der Waals surface area contributed by atoms with E-state index in [1.807, 2.05) is 36.4 Å². The average molecular weight is 505 g/mol. The molecular formula is C21H28IN7. The Morgan fingerprint density at radius 3 is 2.66 bits per heavy atom. The molecule has 0 saturated heterocycles. The number of aliphatic imine (C=N–C) groups is 1. The Balaban J connectivity index is 0.00000300. The monoisotopic (exact) mass is 505 g/mol. The quantitative estimate of drug-likeness (QED) is 0.279. The molecule has 0 bridgehead atoms. The molecule has 2 aromatic heterocycles. The number of hydrogen-bond acceptors (Lipinski definition) is 4. The molecule has 0 fully saturated rings. The molecule has 1 aromatic carbocycles. The third kappa shape index (κ3) is 7.12. The molecule has 154 valence electrons. The summed E-state index contributed by atoms with van der Waals surface area (Å²) in [4.78, 5) is 9.06. The molecule has 0 amide bonds. The van der Waals surface area contributed by atoms with Gasteiger partial charge in [0.15, 0.2) is 5.96 Å². The number of aryl methyl sites for hydroxylation is 1. The number of hydrogen-bond donors (Lipinski definition) is 2. The molecule has 0 radical (unpaired) electrons. The van der Waals surface area contributed by atoms with E-state index in [1.54, 1.807) is 12.5 Å². The van der Waals surface area contributed by atoms with Crippen LogP contribution in [0, 0.1) is 0 Å². The van der Waals surface area contributed by atoms with Crippen LogP contribution in [0.5, 0.6) is 0 Å². The zero-order valence-electron chi connectivity index (χ0n) is 16.8. The molecule has 1 atom stereocenters. The molecule has 0 aliphatic carbocycles. The van der Waals surface area contributed by atoms with Crippen LogP contribution in [0.2, 0.25) is 0 Å². The first kappa shape index (κ1) is 22.8. The fourth-order valence-corrected chi connectivity index (χ4v) is 2.87. The van der Waals surface area contributed by atoms with Crippen LogP contribution < -0.4 is 10.6 Å². The minimum Gasteiger partial charge on any atom is -0.355 e. The van der Waals surface area contributed by atoms with Crippen molar-refractivity contribution >= 4 is 29.9 Å². The fraction of sp³-hybridized carbons (Fsp3) is 0.333. The highest BCUT2D eigenvalue weighted by molar-refractivity contribution is 14.0. The SMILES string of the molecule is CCc1nncn1CCNC(=NCc1ccccn1)NC(C)c1ccccc1.I. The summed E-state index contributed by atoms with van der Waals surface area (Å²) in [5.74, 6) is 1.74. The second-order valence-electron chi connectivity index (χ2n) is 6.48. The molecule has 0 spiro atoms. The topological polar surface area (TPSA) is 80.0 Å². The number of halogens is 1. The first-order valence-corrected chi connectivity index (χ1v) is 9.62. The lowest BCUT2D eigenvalue weighted by molar-refractivity contribution is 0.618. The van der Waals surface area contributed by atoms with Crippen LogP contribution in [0.25, 0.3) is 0 Å². The van der Waals surface area contributed by atoms with E-state index in [1.165, 1.54) is 5.56 Å². The van der Waals surface area contributed by atoms with E-state index in [0.29, 0.717) is 6.54 Å². The summed E-state index contributed by atoms with van der Waals surface area (Å²) < 4.78 is 2.06. The summed E-state index contributed by atoms with van der Waals surface area (Å²) in [6, 6.07) is 16.3. The molecule has 0 saturated carbocycles. The van der Waals surface area contributed by atoms with Crippen LogP contribution in [0.15, 0.2) is 66.0 Å². The highest BCUT2D eigenvalue weighted by atomic mass is 127. The maximum Gasteiger partial charge on any atom is 0.192 e. The van der Waals surface area contributed by atoms with Gasteiger partial charge in [-0.25, -0.2) is 4.99 Å². The number of rotatable bonds is 8. The standard InChI is InChI=1S/C21H27N7.HI/c1-3-20-27-25-16-28(20)14-13-23-21(24-15-19-11-7-8-12-22-19)26-17(2)18-9-5-4-6-10-18;/h4-12,16-17H,3,13-15H2,1-2H3,(H2,23,24,26);1H. The van der Waals surface area contributed by atoms with Gasteiger partial charge >= 0.3 is 0 Å². The van der Waals surface area contributed by atoms with Crippen LogP contribution in [0.4, 0.5) is 0 Å². The molecule has 2 heterocycles. The summed E-state index contributed by atoms with van der Waals surface area (Å²) in [6.07, 6.45) is 4.42. The molecule has 3 rings (SSSR count). The Morgan fingerprint density at radius 2 is 1.93 bits per heavy atom. The van der Waals surface area contributed by atoms with Crippen molar-refractivity contribution < 1.29 is 0 Å². The van der Waals surface area contributed by atoms with Crippen LogP contribution in [-0.4, -0.2) is 32.3 Å². The van der Waals surface area contributed by atoms with Gasteiger partial charge in [-0.1, -0.05) is 43.3 Å². The third-order valence-corrected chi connectivity index (χ3v) is 4.44. The van der Waals surface area contributed by atoms with Crippen molar-refractivity contribution in [3.63, 3.8) is 0 Å². The van der Waals surface area contributed by atoms with Crippen molar-refractivity contribution in [2.24, 2.45) is 4.99 Å². The largest absolute Gasteiger partial charge is 0.355 e. The number of guanidine groups is 1. The van der Waals surface area contributed by atoms with Gasteiger partial charge in [-0.2, -0.15) is 0 Å². The highest BCUT2D eigenvalue weighted by Crippen LogP contribution is 2.11. The molecule has 3 aromatic rings. The lowest BCUT2D eigenvalue weighted by Gasteiger charge is -2.19. The predicted molar refractivity (Wildman–Crippen MR) is 126 cm³/mol. The first-order chi connectivity index (χ1) is 13.8. The Hall–Kier alpha value is -2.49. The van der Waals surface area contributed by atoms with Gasteiger partial charge in [0.25, 0.3) is 0 Å². The number of nitrogens with zero attached hydrogens (tertiary/aromatic N) is 5. The van der Waals surface area contributed by atoms with E-state index in [2.05, 4.69) is 56.4 Å². The molecule has 1 unspecified atom stereocenters. The molecule has 2 N–H and O–H groups in total. The van der Waals surface area contributed by atoms with Gasteiger partial charge in [0.2, 0.25) is 0 Å². The maximum atomic E-state index is 4.71. The van der Waals surface area contributed by atoms with Gasteiger partial charge in [0.1, 0.15) is 12.2 Å². The Morgan fingerprint density at radius 1 is 1.14 bits per heavy atom. The zero-order valence-corrected chi connectivity index (χ0v) is 19.2. The van der Waals surface area contributed by atoms with Crippen LogP contribution >= 0.6 is 24.0 Å². The summed E-state index contributed by atoms with van der Waals surface area (Å²) in [7, 11) is 0. The lowest BCUT2D eigenvalue weighted by Crippen LogP contribution is -2.40. The Kier molecular flexibility index (Phi) is 9.55. The van der Waals surface area contributed by atoms with E-state index in [9.17, 15) is 0 Å². The Labute approximate surface area is 189 Å². The lowest BCUT2D eigenvalue weighted by atomic mass is 10.1. The first-order valence-electron chi connectivity index (χ1n) is 9.62. The van der Waals surface area contributed by atoms with E-state index in [0.717, 1.165) is 37.0 Å². The number of aromatic nitrogens is 4. The van der Waals surface area contributed by atoms with Gasteiger partial charge in [-0.3, -0.25) is 4.98 Å². The summed E-state index contributed by atoms with van der Waals surface area (Å²) >= 11 is 0. The molecular weight excluding hydrogens is 477 g/mol. The van der Waals surface area contributed by atoms with Gasteiger partial charge in [-0.05, 0) is 24.6 Å². The van der Waals surface area contributed by atoms with Crippen molar-refractivity contribution in [2.45, 2.75) is 39.4 Å². The molecule has 29 heavy (non-hydrogen) atoms. The minimum absolute atomic E-state index is 0. The number of pyridine rings is 1. The van der Waals surface area contributed by atoms with Gasteiger partial charge < -0.3 is 15.2 Å². The zero-order chi connectivity index (χ0) is 19.6. The Bertz CT molecular complexity index is 865. The average Bonchev–Trinajstić information content (AvgIpc) is 3.20. The van der Waals surface area contributed by atoms with Crippen molar-refractivity contribution in [3.05, 3.63) is 78.1 Å². The van der Waals surface area contributed by atoms with Gasteiger partial charge in [-0.15, -0.1) is 34.2 Å². The van der Waals surface area contributed by atoms with Crippen LogP contribution in [-0.2, 0) is 19.5 Å². The van der Waals surface area contributed by atoms with Gasteiger partial charge in [0, 0.05) is 25.7 Å². The highest BCUT2D eigenvalue weighted by Gasteiger charge is 2.08. The maximum absolute atomic E-state index is 4.71. The second-order valence-corrected chi connectivity index (χ2v) is 6.48. The predicted octanol–water partition coefficient (Wildman–Crippen LogP) is 3.35. The second kappa shape index (κ2) is 12.2. The van der Waals surface area contributed by atoms with E-state index in [4.69, 9.17) is 4.99 Å². The van der Waals surface area contributed by atoms with Crippen molar-refractivity contribution in [1.29, 1.82) is 0 Å². The summed E-state index contributed by atoms with van der Waals surface area (Å²) in [6.45, 7) is 6.23. The van der Waals surface area contributed by atoms with E-state index in [-0.39, 0.29) is 30.0 Å². The minimum atomic E-state index is 0. The molecule has 0 aliphatic rings. The third-order valence-electron chi connectivity index (χ3n) is 4.44. The van der Waals surface area contributed by atoms with Crippen molar-refractivity contribution in [1.82, 2.24) is 30.4 Å². The number of benzene rings is 1. The van der Waals surface area contributed by atoms with Crippen LogP contribution in [0.1, 0.15) is 37.0 Å². The van der Waals surface area contributed by atoms with E-state index >= 15 is 0 Å². The normalized spacial score (nSPS) is 12.1. The smallest absolute Gasteiger partial charge is 0.192 e. The molecule has 0 aliphatic heterocycles. The van der Waals surface area contributed by atoms with Crippen molar-refractivity contribution in [3.8, 4) is 0 Å². The summed E-state index contributed by atoms with van der Waals surface area (Å²) in [5.41, 5.74) is 2.14. The number of nitrogens with one attached hydrogen (secondary N) is 2. The fourth-order valence-electron chi connectivity index (χ4n) is 2.87. The van der Waals surface area contributed by atoms with Crippen LogP contribution in [0.3, 0.4) is 0 Å². The van der Waals surface area contributed by atoms with Crippen molar-refractivity contribution in [2.75, 3.05) is 6.54 Å². The summed E-state index contributed by atoms with van der Waals surface area (Å²) in [5, 5.41) is 15.0. The van der Waals surface area contributed by atoms with E-state index < -0.39 is 0 Å². The van der Waals surface area contributed by atoms with Gasteiger partial charge in [0.05, 0.1) is 18.3 Å². The molecule has 7 nitrogen and oxygen atoms in total.